The number of rotatable bonds is 4. The first kappa shape index (κ1) is 11.5. The molecule has 0 amide bonds. The first-order valence-electron chi connectivity index (χ1n) is 5.25. The van der Waals surface area contributed by atoms with Crippen LogP contribution < -0.4 is 5.73 Å². The molecule has 0 saturated carbocycles. The lowest BCUT2D eigenvalue weighted by Crippen LogP contribution is -1.98. The van der Waals surface area contributed by atoms with Crippen molar-refractivity contribution < 1.29 is 4.21 Å². The minimum atomic E-state index is -0.974. The van der Waals surface area contributed by atoms with Crippen LogP contribution in [-0.4, -0.2) is 14.9 Å². The zero-order chi connectivity index (χ0) is 11.5. The smallest absolute Gasteiger partial charge is 0.126 e. The Morgan fingerprint density at radius 3 is 3.06 bits per heavy atom. The molecule has 0 aromatic carbocycles. The van der Waals surface area contributed by atoms with E-state index in [1.165, 1.54) is 11.3 Å². The van der Waals surface area contributed by atoms with Crippen LogP contribution in [0.5, 0.6) is 0 Å². The van der Waals surface area contributed by atoms with Gasteiger partial charge in [-0.15, -0.1) is 11.3 Å². The molecule has 1 atom stereocenters. The maximum atomic E-state index is 12.0. The summed E-state index contributed by atoms with van der Waals surface area (Å²) in [5.74, 6) is 0.688. The highest BCUT2D eigenvalue weighted by Gasteiger charge is 2.14. The number of aromatic nitrogens is 1. The van der Waals surface area contributed by atoms with Crippen molar-refractivity contribution >= 4 is 38.0 Å². The fraction of sp³-hybridized carbons (Fsp3) is 0.364. The monoisotopic (exact) mass is 254 g/mol. The fourth-order valence-electron chi connectivity index (χ4n) is 1.47. The Morgan fingerprint density at radius 2 is 2.38 bits per heavy atom. The molecule has 0 saturated heterocycles. The average molecular weight is 254 g/mol. The Labute approximate surface area is 101 Å². The van der Waals surface area contributed by atoms with Gasteiger partial charge in [-0.1, -0.05) is 13.3 Å². The molecule has 0 bridgehead atoms. The highest BCUT2D eigenvalue weighted by molar-refractivity contribution is 7.87. The lowest BCUT2D eigenvalue weighted by molar-refractivity contribution is 0.681. The molecule has 2 aromatic rings. The molecule has 0 aliphatic carbocycles. The molecule has 2 N–H and O–H groups in total. The van der Waals surface area contributed by atoms with Gasteiger partial charge in [0.2, 0.25) is 0 Å². The van der Waals surface area contributed by atoms with Gasteiger partial charge in [0.05, 0.1) is 16.5 Å². The minimum Gasteiger partial charge on any atom is -0.397 e. The van der Waals surface area contributed by atoms with E-state index in [1.807, 2.05) is 12.1 Å². The third kappa shape index (κ3) is 2.10. The number of unbranched alkanes of at least 4 members (excludes halogenated alkanes) is 1. The van der Waals surface area contributed by atoms with Gasteiger partial charge in [-0.25, -0.2) is 4.98 Å². The Balaban J connectivity index is 2.37. The third-order valence-electron chi connectivity index (χ3n) is 2.36. The van der Waals surface area contributed by atoms with Crippen LogP contribution >= 0.6 is 11.3 Å². The first-order valence-corrected chi connectivity index (χ1v) is 7.39. The molecule has 1 unspecified atom stereocenters. The van der Waals surface area contributed by atoms with Crippen LogP contribution in [0.25, 0.3) is 10.2 Å². The Bertz CT molecular complexity index is 522. The highest BCUT2D eigenvalue weighted by Crippen LogP contribution is 2.34. The maximum absolute atomic E-state index is 12.0. The summed E-state index contributed by atoms with van der Waals surface area (Å²) in [6.45, 7) is 2.09. The molecule has 0 spiro atoms. The molecule has 16 heavy (non-hydrogen) atoms. The summed E-state index contributed by atoms with van der Waals surface area (Å²) in [6, 6.07) is 3.78. The topological polar surface area (TPSA) is 56.0 Å². The Kier molecular flexibility index (Phi) is 3.56. The first-order chi connectivity index (χ1) is 7.74. The summed E-state index contributed by atoms with van der Waals surface area (Å²) in [7, 11) is -0.974. The Hall–Kier alpha value is -0.940. The second-order valence-corrected chi connectivity index (χ2v) is 6.33. The minimum absolute atomic E-state index is 0.641. The van der Waals surface area contributed by atoms with E-state index in [9.17, 15) is 4.21 Å². The predicted octanol–water partition coefficient (Wildman–Crippen LogP) is 2.79. The summed E-state index contributed by atoms with van der Waals surface area (Å²) in [5.41, 5.74) is 6.63. The molecule has 2 aromatic heterocycles. The van der Waals surface area contributed by atoms with Gasteiger partial charge < -0.3 is 5.73 Å². The van der Waals surface area contributed by atoms with E-state index in [0.29, 0.717) is 11.4 Å². The van der Waals surface area contributed by atoms with Crippen molar-refractivity contribution in [2.24, 2.45) is 0 Å². The predicted molar refractivity (Wildman–Crippen MR) is 70.2 cm³/mol. The van der Waals surface area contributed by atoms with E-state index in [0.717, 1.165) is 27.3 Å². The van der Waals surface area contributed by atoms with Gasteiger partial charge in [-0.05, 0) is 18.6 Å². The Morgan fingerprint density at radius 1 is 1.56 bits per heavy atom. The van der Waals surface area contributed by atoms with E-state index in [-0.39, 0.29) is 0 Å². The van der Waals surface area contributed by atoms with E-state index >= 15 is 0 Å². The van der Waals surface area contributed by atoms with E-state index < -0.39 is 10.8 Å². The van der Waals surface area contributed by atoms with Crippen LogP contribution in [0.2, 0.25) is 0 Å². The van der Waals surface area contributed by atoms with E-state index in [1.54, 1.807) is 6.20 Å². The lowest BCUT2D eigenvalue weighted by atomic mass is 10.3. The van der Waals surface area contributed by atoms with Gasteiger partial charge >= 0.3 is 0 Å². The molecule has 0 radical (unpaired) electrons. The second kappa shape index (κ2) is 4.93. The van der Waals surface area contributed by atoms with Gasteiger partial charge in [0.15, 0.2) is 0 Å². The van der Waals surface area contributed by atoms with Crippen LogP contribution in [-0.2, 0) is 10.8 Å². The van der Waals surface area contributed by atoms with Crippen LogP contribution in [0.1, 0.15) is 19.8 Å². The molecule has 0 fully saturated rings. The number of fused-ring (bicyclic) bond motifs is 1. The molecule has 0 aliphatic heterocycles. The van der Waals surface area contributed by atoms with Crippen LogP contribution in [0.15, 0.2) is 22.5 Å². The van der Waals surface area contributed by atoms with Crippen molar-refractivity contribution in [3.8, 4) is 0 Å². The maximum Gasteiger partial charge on any atom is 0.126 e. The zero-order valence-corrected chi connectivity index (χ0v) is 10.7. The molecule has 2 rings (SSSR count). The second-order valence-electron chi connectivity index (χ2n) is 3.56. The quantitative estimate of drug-likeness (QED) is 0.912. The summed E-state index contributed by atoms with van der Waals surface area (Å²) in [6.07, 6.45) is 3.75. The van der Waals surface area contributed by atoms with Gasteiger partial charge in [0.1, 0.15) is 9.04 Å². The van der Waals surface area contributed by atoms with Crippen LogP contribution in [0.3, 0.4) is 0 Å². The van der Waals surface area contributed by atoms with E-state index in [4.69, 9.17) is 5.73 Å². The number of anilines is 1. The molecule has 86 valence electrons. The van der Waals surface area contributed by atoms with Crippen LogP contribution in [0, 0.1) is 0 Å². The summed E-state index contributed by atoms with van der Waals surface area (Å²) in [4.78, 5) is 5.10. The fourth-order valence-corrected chi connectivity index (χ4v) is 4.21. The number of hydrogen-bond donors (Lipinski definition) is 1. The number of hydrogen-bond acceptors (Lipinski definition) is 4. The zero-order valence-electron chi connectivity index (χ0n) is 9.10. The number of pyridine rings is 1. The van der Waals surface area contributed by atoms with Gasteiger partial charge in [-0.3, -0.25) is 4.21 Å². The molecule has 0 aliphatic rings. The average Bonchev–Trinajstić information content (AvgIpc) is 2.64. The SMILES string of the molecule is CCCCS(=O)c1sc2ncccc2c1N. The molecular weight excluding hydrogens is 240 g/mol. The van der Waals surface area contributed by atoms with Gasteiger partial charge in [-0.2, -0.15) is 0 Å². The van der Waals surface area contributed by atoms with E-state index in [2.05, 4.69) is 11.9 Å². The molecule has 3 nitrogen and oxygen atoms in total. The van der Waals surface area contributed by atoms with Crippen molar-refractivity contribution in [2.75, 3.05) is 11.5 Å². The molecular formula is C11H14N2OS2. The van der Waals surface area contributed by atoms with Gasteiger partial charge in [0.25, 0.3) is 0 Å². The van der Waals surface area contributed by atoms with Crippen molar-refractivity contribution in [1.82, 2.24) is 4.98 Å². The van der Waals surface area contributed by atoms with Crippen molar-refractivity contribution in [1.29, 1.82) is 0 Å². The lowest BCUT2D eigenvalue weighted by Gasteiger charge is -1.98. The largest absolute Gasteiger partial charge is 0.397 e. The van der Waals surface area contributed by atoms with Crippen molar-refractivity contribution in [3.63, 3.8) is 0 Å². The summed E-state index contributed by atoms with van der Waals surface area (Å²) in [5, 5.41) is 0.923. The molecule has 2 heterocycles. The third-order valence-corrected chi connectivity index (χ3v) is 5.39. The number of thiophene rings is 1. The molecule has 5 heteroatoms. The number of nitrogens with zero attached hydrogens (tertiary/aromatic N) is 1. The number of nitrogen functional groups attached to an aromatic ring is 1. The summed E-state index contributed by atoms with van der Waals surface area (Å²) >= 11 is 1.45. The summed E-state index contributed by atoms with van der Waals surface area (Å²) < 4.78 is 12.8. The van der Waals surface area contributed by atoms with Gasteiger partial charge in [0, 0.05) is 17.3 Å². The standard InChI is InChI=1S/C11H14N2OS2/c1-2-3-7-16(14)11-9(12)8-5-4-6-13-10(8)15-11/h4-6H,2-3,7,12H2,1H3. The normalized spacial score (nSPS) is 13.1. The number of nitrogens with two attached hydrogens (primary N) is 1. The van der Waals surface area contributed by atoms with Crippen molar-refractivity contribution in [2.45, 2.75) is 24.0 Å². The van der Waals surface area contributed by atoms with Crippen LogP contribution in [0.4, 0.5) is 5.69 Å². The van der Waals surface area contributed by atoms with Crippen molar-refractivity contribution in [3.05, 3.63) is 18.3 Å². The highest BCUT2D eigenvalue weighted by atomic mass is 32.2.